The molecule has 3 nitrogen and oxygen atoms in total. The Kier molecular flexibility index (Phi) is 3.50. The van der Waals surface area contributed by atoms with Crippen LogP contribution in [0, 0.1) is 0 Å². The molecule has 0 spiro atoms. The molecule has 17 heavy (non-hydrogen) atoms. The molecule has 2 heterocycles. The number of thiazole rings is 1. The molecule has 5 heteroatoms. The molecule has 1 aromatic rings. The van der Waals surface area contributed by atoms with E-state index in [1.54, 1.807) is 23.1 Å². The molecule has 0 saturated carbocycles. The predicted molar refractivity (Wildman–Crippen MR) is 76.9 cm³/mol. The maximum Gasteiger partial charge on any atom is 0.157 e. The molecule has 0 amide bonds. The minimum atomic E-state index is -0.145. The second kappa shape index (κ2) is 4.61. The highest BCUT2D eigenvalue weighted by Gasteiger charge is 2.28. The average Bonchev–Trinajstić information content (AvgIpc) is 2.67. The van der Waals surface area contributed by atoms with Crippen LogP contribution in [0.25, 0.3) is 0 Å². The molecule has 2 rings (SSSR count). The van der Waals surface area contributed by atoms with E-state index < -0.39 is 0 Å². The summed E-state index contributed by atoms with van der Waals surface area (Å²) in [5.41, 5.74) is -0.0834. The Morgan fingerprint density at radius 3 is 2.76 bits per heavy atom. The van der Waals surface area contributed by atoms with Crippen molar-refractivity contribution in [3.63, 3.8) is 0 Å². The zero-order valence-electron chi connectivity index (χ0n) is 10.8. The zero-order valence-corrected chi connectivity index (χ0v) is 12.4. The largest absolute Gasteiger partial charge is 0.354 e. The fraction of sp³-hybridized carbons (Fsp3) is 0.667. The van der Waals surface area contributed by atoms with Crippen molar-refractivity contribution >= 4 is 28.3 Å². The monoisotopic (exact) mass is 269 g/mol. The normalized spacial score (nSPS) is 19.9. The van der Waals surface area contributed by atoms with Crippen LogP contribution in [-0.2, 0) is 5.54 Å². The van der Waals surface area contributed by atoms with Gasteiger partial charge in [0.2, 0.25) is 0 Å². The Morgan fingerprint density at radius 1 is 1.41 bits per heavy atom. The van der Waals surface area contributed by atoms with Crippen LogP contribution in [0.15, 0.2) is 16.6 Å². The summed E-state index contributed by atoms with van der Waals surface area (Å²) in [5, 5.41) is 7.67. The van der Waals surface area contributed by atoms with Gasteiger partial charge in [0.25, 0.3) is 0 Å². The number of hydrogen-bond donors (Lipinski definition) is 1. The number of nitrogens with one attached hydrogen (secondary N) is 1. The molecular weight excluding hydrogens is 250 g/mol. The van der Waals surface area contributed by atoms with Gasteiger partial charge >= 0.3 is 0 Å². The molecule has 1 aromatic heterocycles. The van der Waals surface area contributed by atoms with Crippen LogP contribution in [0.3, 0.4) is 0 Å². The van der Waals surface area contributed by atoms with Gasteiger partial charge in [-0.25, -0.2) is 4.98 Å². The van der Waals surface area contributed by atoms with Gasteiger partial charge < -0.3 is 5.32 Å². The van der Waals surface area contributed by atoms with Gasteiger partial charge in [0.05, 0.1) is 11.1 Å². The summed E-state index contributed by atoms with van der Waals surface area (Å²) >= 11 is 3.49. The number of aromatic nitrogens is 1. The molecule has 94 valence electrons. The Labute approximate surface area is 111 Å². The first-order chi connectivity index (χ1) is 7.89. The molecule has 0 radical (unpaired) electrons. The Morgan fingerprint density at radius 2 is 2.18 bits per heavy atom. The van der Waals surface area contributed by atoms with Gasteiger partial charge in [0, 0.05) is 17.3 Å². The summed E-state index contributed by atoms with van der Waals surface area (Å²) in [7, 11) is 0. The summed E-state index contributed by atoms with van der Waals surface area (Å²) < 4.78 is 0. The minimum Gasteiger partial charge on any atom is -0.354 e. The number of nitrogens with zero attached hydrogens (tertiary/aromatic N) is 2. The Balaban J connectivity index is 2.13. The second-order valence-electron chi connectivity index (χ2n) is 5.42. The van der Waals surface area contributed by atoms with E-state index in [0.717, 1.165) is 22.3 Å². The highest BCUT2D eigenvalue weighted by Crippen LogP contribution is 2.28. The molecule has 1 aliphatic rings. The Hall–Kier alpha value is -0.550. The van der Waals surface area contributed by atoms with Gasteiger partial charge in [-0.1, -0.05) is 11.8 Å². The molecule has 0 bridgehead atoms. The molecular formula is C12H19N3S2. The quantitative estimate of drug-likeness (QED) is 0.895. The third-order valence-corrected chi connectivity index (χ3v) is 4.72. The summed E-state index contributed by atoms with van der Waals surface area (Å²) in [5.74, 6) is 1.13. The summed E-state index contributed by atoms with van der Waals surface area (Å²) in [6.45, 7) is 8.67. The van der Waals surface area contributed by atoms with Crippen LogP contribution in [-0.4, -0.2) is 21.4 Å². The minimum absolute atomic E-state index is 0.0620. The van der Waals surface area contributed by atoms with Gasteiger partial charge in [0.15, 0.2) is 5.17 Å². The standard InChI is InChI=1S/C12H19N3S2/c1-11(2)5-7-17-10(14-11)15-12(3,4)9-13-6-8-16-9/h6,8H,5,7H2,1-4H3,(H,14,15). The molecule has 0 aliphatic carbocycles. The Bertz CT molecular complexity index is 407. The van der Waals surface area contributed by atoms with Crippen molar-refractivity contribution in [2.75, 3.05) is 5.75 Å². The van der Waals surface area contributed by atoms with E-state index in [-0.39, 0.29) is 11.1 Å². The average molecular weight is 269 g/mol. The van der Waals surface area contributed by atoms with Gasteiger partial charge in [-0.3, -0.25) is 4.99 Å². The first-order valence-electron chi connectivity index (χ1n) is 5.80. The van der Waals surface area contributed by atoms with E-state index in [1.165, 1.54) is 0 Å². The lowest BCUT2D eigenvalue weighted by Crippen LogP contribution is -2.42. The fourth-order valence-corrected chi connectivity index (χ4v) is 3.83. The van der Waals surface area contributed by atoms with E-state index >= 15 is 0 Å². The fourth-order valence-electron chi connectivity index (χ4n) is 1.68. The molecule has 0 fully saturated rings. The van der Waals surface area contributed by atoms with E-state index in [1.807, 2.05) is 11.6 Å². The lowest BCUT2D eigenvalue weighted by molar-refractivity contribution is 0.467. The van der Waals surface area contributed by atoms with Crippen LogP contribution < -0.4 is 5.32 Å². The molecule has 0 unspecified atom stereocenters. The van der Waals surface area contributed by atoms with E-state index in [9.17, 15) is 0 Å². The van der Waals surface area contributed by atoms with Crippen LogP contribution >= 0.6 is 23.1 Å². The first-order valence-corrected chi connectivity index (χ1v) is 7.66. The molecule has 0 aromatic carbocycles. The van der Waals surface area contributed by atoms with Crippen molar-refractivity contribution in [1.29, 1.82) is 0 Å². The molecule has 1 aliphatic heterocycles. The lowest BCUT2D eigenvalue weighted by atomic mass is 10.0. The second-order valence-corrected chi connectivity index (χ2v) is 7.39. The lowest BCUT2D eigenvalue weighted by Gasteiger charge is -2.31. The predicted octanol–water partition coefficient (Wildman–Crippen LogP) is 3.24. The van der Waals surface area contributed by atoms with E-state index in [2.05, 4.69) is 38.0 Å². The van der Waals surface area contributed by atoms with Crippen molar-refractivity contribution < 1.29 is 0 Å². The van der Waals surface area contributed by atoms with Crippen molar-refractivity contribution in [2.45, 2.75) is 45.2 Å². The maximum absolute atomic E-state index is 4.75. The maximum atomic E-state index is 4.75. The van der Waals surface area contributed by atoms with E-state index in [0.29, 0.717) is 0 Å². The van der Waals surface area contributed by atoms with Crippen molar-refractivity contribution in [2.24, 2.45) is 4.99 Å². The third kappa shape index (κ3) is 3.22. The molecule has 1 N–H and O–H groups in total. The number of amidine groups is 1. The molecule has 0 atom stereocenters. The summed E-state index contributed by atoms with van der Waals surface area (Å²) in [4.78, 5) is 9.14. The number of rotatable bonds is 2. The van der Waals surface area contributed by atoms with Crippen molar-refractivity contribution in [1.82, 2.24) is 10.3 Å². The first kappa shape index (κ1) is 12.9. The number of aliphatic imine (C=N–C) groups is 1. The van der Waals surface area contributed by atoms with Gasteiger partial charge in [0.1, 0.15) is 5.01 Å². The summed E-state index contributed by atoms with van der Waals surface area (Å²) in [6.07, 6.45) is 2.99. The van der Waals surface area contributed by atoms with Crippen LogP contribution in [0.4, 0.5) is 0 Å². The highest BCUT2D eigenvalue weighted by atomic mass is 32.2. The number of hydrogen-bond acceptors (Lipinski definition) is 5. The van der Waals surface area contributed by atoms with Gasteiger partial charge in [-0.2, -0.15) is 0 Å². The van der Waals surface area contributed by atoms with E-state index in [4.69, 9.17) is 4.99 Å². The van der Waals surface area contributed by atoms with Crippen LogP contribution in [0.1, 0.15) is 39.1 Å². The van der Waals surface area contributed by atoms with Crippen LogP contribution in [0.5, 0.6) is 0 Å². The topological polar surface area (TPSA) is 37.3 Å². The third-order valence-electron chi connectivity index (χ3n) is 2.74. The van der Waals surface area contributed by atoms with Crippen molar-refractivity contribution in [3.05, 3.63) is 16.6 Å². The SMILES string of the molecule is CC1(C)CCSC(NC(C)(C)c2nccs2)=N1. The zero-order chi connectivity index (χ0) is 12.5. The van der Waals surface area contributed by atoms with Gasteiger partial charge in [-0.05, 0) is 34.1 Å². The van der Waals surface area contributed by atoms with Gasteiger partial charge in [-0.15, -0.1) is 11.3 Å². The molecule has 0 saturated heterocycles. The highest BCUT2D eigenvalue weighted by molar-refractivity contribution is 8.13. The summed E-state index contributed by atoms with van der Waals surface area (Å²) in [6, 6.07) is 0. The smallest absolute Gasteiger partial charge is 0.157 e. The van der Waals surface area contributed by atoms with Crippen molar-refractivity contribution in [3.8, 4) is 0 Å². The van der Waals surface area contributed by atoms with Crippen LogP contribution in [0.2, 0.25) is 0 Å². The number of thioether (sulfide) groups is 1.